The van der Waals surface area contributed by atoms with E-state index in [1.807, 2.05) is 9.80 Å². The van der Waals surface area contributed by atoms with Crippen LogP contribution in [0, 0.1) is 5.92 Å². The molecule has 0 spiro atoms. The van der Waals surface area contributed by atoms with Crippen molar-refractivity contribution in [1.29, 1.82) is 0 Å². The lowest BCUT2D eigenvalue weighted by atomic mass is 9.85. The molecular formula is C23H40N3+3. The predicted molar refractivity (Wildman–Crippen MR) is 107 cm³/mol. The Morgan fingerprint density at radius 3 is 2.15 bits per heavy atom. The third-order valence-corrected chi connectivity index (χ3v) is 7.62. The van der Waals surface area contributed by atoms with Crippen molar-refractivity contribution < 1.29 is 14.7 Å². The molecule has 4 rings (SSSR count). The topological polar surface area (TPSA) is 13.3 Å². The molecule has 1 saturated carbocycles. The zero-order valence-corrected chi connectivity index (χ0v) is 16.8. The molecule has 1 aromatic rings. The maximum absolute atomic E-state index is 2.47. The number of benzene rings is 1. The van der Waals surface area contributed by atoms with E-state index in [0.29, 0.717) is 0 Å². The largest absolute Gasteiger partial charge is 0.332 e. The van der Waals surface area contributed by atoms with Crippen molar-refractivity contribution in [3.05, 3.63) is 35.9 Å². The summed E-state index contributed by atoms with van der Waals surface area (Å²) in [7, 11) is 0. The van der Waals surface area contributed by atoms with Gasteiger partial charge in [0.15, 0.2) is 0 Å². The van der Waals surface area contributed by atoms with Crippen LogP contribution in [0.25, 0.3) is 0 Å². The molecule has 2 atom stereocenters. The van der Waals surface area contributed by atoms with Crippen LogP contribution in [-0.2, 0) is 6.54 Å². The molecule has 144 valence electrons. The molecule has 0 radical (unpaired) electrons. The third kappa shape index (κ3) is 4.68. The molecule has 1 aliphatic carbocycles. The summed E-state index contributed by atoms with van der Waals surface area (Å²) in [6.07, 6.45) is 8.91. The summed E-state index contributed by atoms with van der Waals surface area (Å²) < 4.78 is 0. The summed E-state index contributed by atoms with van der Waals surface area (Å²) in [6.45, 7) is 12.1. The SMILES string of the molecule is C[C@H]1CCC[C@H]([NH+]2CCC([NH+]3CC[NH+](Cc4ccccc4)CC3)CC2)C1. The fourth-order valence-electron chi connectivity index (χ4n) is 6.00. The van der Waals surface area contributed by atoms with Gasteiger partial charge in [0, 0.05) is 24.8 Å². The van der Waals surface area contributed by atoms with Crippen LogP contribution in [0.2, 0.25) is 0 Å². The van der Waals surface area contributed by atoms with Crippen molar-refractivity contribution in [3.63, 3.8) is 0 Å². The Balaban J connectivity index is 1.20. The molecule has 0 amide bonds. The van der Waals surface area contributed by atoms with E-state index in [0.717, 1.165) is 18.0 Å². The number of rotatable bonds is 4. The average molecular weight is 359 g/mol. The van der Waals surface area contributed by atoms with Crippen LogP contribution in [-0.4, -0.2) is 51.4 Å². The minimum absolute atomic E-state index is 0.957. The van der Waals surface area contributed by atoms with Crippen molar-refractivity contribution in [3.8, 4) is 0 Å². The van der Waals surface area contributed by atoms with Crippen molar-refractivity contribution in [1.82, 2.24) is 0 Å². The van der Waals surface area contributed by atoms with Crippen molar-refractivity contribution in [2.75, 3.05) is 39.3 Å². The first kappa shape index (κ1) is 18.5. The van der Waals surface area contributed by atoms with Crippen LogP contribution in [0.1, 0.15) is 51.0 Å². The standard InChI is InChI=1S/C23H37N3/c1-20-6-5-9-23(18-20)25-12-10-22(11-13-25)26-16-14-24(15-17-26)19-21-7-3-2-4-8-21/h2-4,7-8,20,22-23H,5-6,9-19H2,1H3/p+3/t20-,23-/m0/s1. The Kier molecular flexibility index (Phi) is 6.29. The number of hydrogen-bond donors (Lipinski definition) is 3. The summed E-state index contributed by atoms with van der Waals surface area (Å²) in [5.41, 5.74) is 1.50. The van der Waals surface area contributed by atoms with Gasteiger partial charge in [-0.15, -0.1) is 0 Å². The van der Waals surface area contributed by atoms with Gasteiger partial charge < -0.3 is 14.7 Å². The Hall–Kier alpha value is -0.900. The van der Waals surface area contributed by atoms with Crippen LogP contribution in [0.4, 0.5) is 0 Å². The number of quaternary nitrogens is 3. The van der Waals surface area contributed by atoms with Crippen LogP contribution < -0.4 is 14.7 Å². The lowest BCUT2D eigenvalue weighted by Crippen LogP contribution is -3.30. The minimum Gasteiger partial charge on any atom is -0.332 e. The van der Waals surface area contributed by atoms with Gasteiger partial charge in [-0.25, -0.2) is 0 Å². The highest BCUT2D eigenvalue weighted by Crippen LogP contribution is 2.22. The number of piperazine rings is 1. The molecular weight excluding hydrogens is 318 g/mol. The molecule has 0 bridgehead atoms. The Morgan fingerprint density at radius 2 is 1.46 bits per heavy atom. The van der Waals surface area contributed by atoms with E-state index in [1.165, 1.54) is 89.9 Å². The van der Waals surface area contributed by atoms with Gasteiger partial charge in [-0.1, -0.05) is 43.7 Å². The lowest BCUT2D eigenvalue weighted by molar-refractivity contribution is -1.04. The Labute approximate surface area is 160 Å². The van der Waals surface area contributed by atoms with Gasteiger partial charge >= 0.3 is 0 Å². The molecule has 2 heterocycles. The summed E-state index contributed by atoms with van der Waals surface area (Å²) >= 11 is 0. The quantitative estimate of drug-likeness (QED) is 0.648. The normalized spacial score (nSPS) is 38.8. The monoisotopic (exact) mass is 358 g/mol. The number of nitrogens with one attached hydrogen (secondary N) is 3. The van der Waals surface area contributed by atoms with E-state index in [-0.39, 0.29) is 0 Å². The van der Waals surface area contributed by atoms with E-state index in [2.05, 4.69) is 37.3 Å². The maximum Gasteiger partial charge on any atom is 0.127 e. The van der Waals surface area contributed by atoms with E-state index in [4.69, 9.17) is 0 Å². The third-order valence-electron chi connectivity index (χ3n) is 7.62. The van der Waals surface area contributed by atoms with Crippen LogP contribution >= 0.6 is 0 Å². The van der Waals surface area contributed by atoms with Gasteiger partial charge in [-0.2, -0.15) is 0 Å². The van der Waals surface area contributed by atoms with Gasteiger partial charge in [0.1, 0.15) is 32.7 Å². The fraction of sp³-hybridized carbons (Fsp3) is 0.739. The zero-order chi connectivity index (χ0) is 17.8. The van der Waals surface area contributed by atoms with Gasteiger partial charge in [0.25, 0.3) is 0 Å². The summed E-state index contributed by atoms with van der Waals surface area (Å²) in [5.74, 6) is 0.977. The molecule has 0 aromatic heterocycles. The number of likely N-dealkylation sites (tertiary alicyclic amines) is 1. The second kappa shape index (κ2) is 8.86. The first-order valence-corrected chi connectivity index (χ1v) is 11.3. The van der Waals surface area contributed by atoms with Crippen molar-refractivity contribution in [2.45, 2.75) is 64.1 Å². The Bertz CT molecular complexity index is 530. The van der Waals surface area contributed by atoms with E-state index in [1.54, 1.807) is 4.90 Å². The highest BCUT2D eigenvalue weighted by Gasteiger charge is 2.36. The summed E-state index contributed by atoms with van der Waals surface area (Å²) in [5, 5.41) is 0. The fourth-order valence-corrected chi connectivity index (χ4v) is 6.00. The molecule has 2 saturated heterocycles. The van der Waals surface area contributed by atoms with Gasteiger partial charge in [0.05, 0.1) is 25.2 Å². The minimum atomic E-state index is 0.957. The predicted octanol–water partition coefficient (Wildman–Crippen LogP) is -0.404. The number of hydrogen-bond acceptors (Lipinski definition) is 0. The average Bonchev–Trinajstić information content (AvgIpc) is 2.70. The highest BCUT2D eigenvalue weighted by molar-refractivity contribution is 5.13. The summed E-state index contributed by atoms with van der Waals surface area (Å²) in [4.78, 5) is 5.68. The zero-order valence-electron chi connectivity index (χ0n) is 16.8. The number of piperidine rings is 1. The smallest absolute Gasteiger partial charge is 0.127 e. The van der Waals surface area contributed by atoms with Crippen LogP contribution in [0.15, 0.2) is 30.3 Å². The molecule has 2 aliphatic heterocycles. The van der Waals surface area contributed by atoms with Crippen molar-refractivity contribution >= 4 is 0 Å². The first-order chi connectivity index (χ1) is 12.8. The van der Waals surface area contributed by atoms with Gasteiger partial charge in [-0.3, -0.25) is 0 Å². The molecule has 3 N–H and O–H groups in total. The van der Waals surface area contributed by atoms with Gasteiger partial charge in [-0.05, 0) is 18.8 Å². The molecule has 3 aliphatic rings. The van der Waals surface area contributed by atoms with E-state index < -0.39 is 0 Å². The molecule has 26 heavy (non-hydrogen) atoms. The molecule has 1 aromatic carbocycles. The highest BCUT2D eigenvalue weighted by atomic mass is 15.3. The maximum atomic E-state index is 2.47. The van der Waals surface area contributed by atoms with E-state index in [9.17, 15) is 0 Å². The second-order valence-corrected chi connectivity index (χ2v) is 9.47. The van der Waals surface area contributed by atoms with Crippen LogP contribution in [0.3, 0.4) is 0 Å². The first-order valence-electron chi connectivity index (χ1n) is 11.3. The molecule has 3 fully saturated rings. The van der Waals surface area contributed by atoms with Crippen molar-refractivity contribution in [2.24, 2.45) is 5.92 Å². The second-order valence-electron chi connectivity index (χ2n) is 9.47. The lowest BCUT2D eigenvalue weighted by Gasteiger charge is -2.41. The molecule has 0 unspecified atom stereocenters. The Morgan fingerprint density at radius 1 is 0.769 bits per heavy atom. The summed E-state index contributed by atoms with van der Waals surface area (Å²) in [6, 6.07) is 13.0. The molecule has 3 nitrogen and oxygen atoms in total. The van der Waals surface area contributed by atoms with E-state index >= 15 is 0 Å². The molecule has 3 heteroatoms. The van der Waals surface area contributed by atoms with Crippen LogP contribution in [0.5, 0.6) is 0 Å². The van der Waals surface area contributed by atoms with Gasteiger partial charge in [0.2, 0.25) is 0 Å².